The van der Waals surface area contributed by atoms with Crippen molar-refractivity contribution in [1.29, 1.82) is 0 Å². The molecule has 3 aromatic rings. The van der Waals surface area contributed by atoms with Gasteiger partial charge in [-0.05, 0) is 36.8 Å². The summed E-state index contributed by atoms with van der Waals surface area (Å²) in [5, 5.41) is 11.7. The number of anilines is 1. The van der Waals surface area contributed by atoms with Crippen LogP contribution in [0.2, 0.25) is 0 Å². The molecule has 0 atom stereocenters. The van der Waals surface area contributed by atoms with Gasteiger partial charge in [-0.15, -0.1) is 10.2 Å². The number of pyridine rings is 1. The van der Waals surface area contributed by atoms with Crippen molar-refractivity contribution in [3.05, 3.63) is 53.0 Å². The van der Waals surface area contributed by atoms with Gasteiger partial charge in [0.05, 0.1) is 11.4 Å². The lowest BCUT2D eigenvalue weighted by Crippen LogP contribution is -2.15. The van der Waals surface area contributed by atoms with E-state index < -0.39 is 5.82 Å². The van der Waals surface area contributed by atoms with Crippen molar-refractivity contribution >= 4 is 39.3 Å². The molecule has 1 aromatic carbocycles. The van der Waals surface area contributed by atoms with E-state index in [2.05, 4.69) is 43.4 Å². The Morgan fingerprint density at radius 3 is 2.74 bits per heavy atom. The van der Waals surface area contributed by atoms with Gasteiger partial charge < -0.3 is 9.88 Å². The Labute approximate surface area is 168 Å². The van der Waals surface area contributed by atoms with Crippen molar-refractivity contribution < 1.29 is 9.18 Å². The summed E-state index contributed by atoms with van der Waals surface area (Å²) < 4.78 is 16.4. The van der Waals surface area contributed by atoms with Crippen LogP contribution in [0.5, 0.6) is 0 Å². The average molecular weight is 450 g/mol. The van der Waals surface area contributed by atoms with E-state index >= 15 is 0 Å². The number of aromatic nitrogens is 4. The highest BCUT2D eigenvalue weighted by atomic mass is 79.9. The monoisotopic (exact) mass is 449 g/mol. The van der Waals surface area contributed by atoms with E-state index in [9.17, 15) is 9.18 Å². The van der Waals surface area contributed by atoms with E-state index in [1.54, 1.807) is 18.5 Å². The lowest BCUT2D eigenvalue weighted by Gasteiger charge is -2.09. The molecule has 0 aliphatic rings. The van der Waals surface area contributed by atoms with Gasteiger partial charge in [0, 0.05) is 29.0 Å². The summed E-state index contributed by atoms with van der Waals surface area (Å²) in [5.74, 6) is 0.0453. The van der Waals surface area contributed by atoms with Gasteiger partial charge in [-0.1, -0.05) is 34.6 Å². The molecule has 0 bridgehead atoms. The van der Waals surface area contributed by atoms with Crippen molar-refractivity contribution in [2.24, 2.45) is 0 Å². The molecule has 0 saturated carbocycles. The largest absolute Gasteiger partial charge is 0.323 e. The lowest BCUT2D eigenvalue weighted by atomic mass is 10.2. The van der Waals surface area contributed by atoms with Gasteiger partial charge in [0.25, 0.3) is 0 Å². The Morgan fingerprint density at radius 2 is 2.04 bits per heavy atom. The normalized spacial score (nSPS) is 10.8. The predicted octanol–water partition coefficient (Wildman–Crippen LogP) is 4.38. The summed E-state index contributed by atoms with van der Waals surface area (Å²) in [6, 6.07) is 8.23. The van der Waals surface area contributed by atoms with Crippen LogP contribution in [0.1, 0.15) is 13.3 Å². The van der Waals surface area contributed by atoms with Gasteiger partial charge >= 0.3 is 0 Å². The summed E-state index contributed by atoms with van der Waals surface area (Å²) in [5.41, 5.74) is 1.07. The number of halogens is 2. The molecule has 9 heteroatoms. The van der Waals surface area contributed by atoms with Crippen LogP contribution < -0.4 is 5.32 Å². The van der Waals surface area contributed by atoms with Gasteiger partial charge in [0.1, 0.15) is 5.82 Å². The predicted molar refractivity (Wildman–Crippen MR) is 107 cm³/mol. The number of nitrogens with zero attached hydrogens (tertiary/aromatic N) is 4. The van der Waals surface area contributed by atoms with Crippen molar-refractivity contribution in [2.45, 2.75) is 25.0 Å². The third-order valence-electron chi connectivity index (χ3n) is 3.64. The molecule has 0 radical (unpaired) electrons. The van der Waals surface area contributed by atoms with Crippen molar-refractivity contribution in [1.82, 2.24) is 19.7 Å². The maximum Gasteiger partial charge on any atom is 0.234 e. The highest BCUT2D eigenvalue weighted by Crippen LogP contribution is 2.25. The molecule has 140 valence electrons. The van der Waals surface area contributed by atoms with Crippen LogP contribution in [0, 0.1) is 5.82 Å². The fourth-order valence-electron chi connectivity index (χ4n) is 2.44. The number of benzene rings is 1. The molecule has 1 amide bonds. The number of rotatable bonds is 7. The molecule has 0 aliphatic heterocycles. The van der Waals surface area contributed by atoms with Gasteiger partial charge in [-0.3, -0.25) is 9.78 Å². The molecular formula is C18H17BrFN5OS. The first kappa shape index (κ1) is 19.5. The Bertz CT molecular complexity index is 935. The van der Waals surface area contributed by atoms with E-state index in [0.29, 0.717) is 9.63 Å². The van der Waals surface area contributed by atoms with Crippen LogP contribution in [0.4, 0.5) is 10.1 Å². The molecule has 0 aliphatic carbocycles. The standard InChI is InChI=1S/C18H17BrFN5OS/c1-2-9-25-17(12-5-7-21-8-6-12)23-24-18(25)27-11-16(26)22-15-4-3-13(19)10-14(15)20/h3-8,10H,2,9,11H2,1H3,(H,22,26). The van der Waals surface area contributed by atoms with E-state index in [0.717, 1.165) is 24.4 Å². The summed E-state index contributed by atoms with van der Waals surface area (Å²) >= 11 is 4.46. The second-order valence-corrected chi connectivity index (χ2v) is 7.51. The van der Waals surface area contributed by atoms with E-state index in [1.165, 1.54) is 23.9 Å². The van der Waals surface area contributed by atoms with Crippen molar-refractivity contribution in [3.8, 4) is 11.4 Å². The van der Waals surface area contributed by atoms with Crippen LogP contribution in [-0.4, -0.2) is 31.4 Å². The Kier molecular flexibility index (Phi) is 6.57. The second-order valence-electron chi connectivity index (χ2n) is 5.65. The molecule has 2 aromatic heterocycles. The number of thioether (sulfide) groups is 1. The van der Waals surface area contributed by atoms with E-state index in [1.807, 2.05) is 16.7 Å². The fraction of sp³-hybridized carbons (Fsp3) is 0.222. The van der Waals surface area contributed by atoms with E-state index in [-0.39, 0.29) is 17.3 Å². The van der Waals surface area contributed by atoms with Crippen molar-refractivity contribution in [3.63, 3.8) is 0 Å². The van der Waals surface area contributed by atoms with Crippen molar-refractivity contribution in [2.75, 3.05) is 11.1 Å². The number of hydrogen-bond acceptors (Lipinski definition) is 5. The van der Waals surface area contributed by atoms with Crippen LogP contribution in [0.3, 0.4) is 0 Å². The first-order valence-electron chi connectivity index (χ1n) is 8.29. The Hall–Kier alpha value is -2.26. The number of nitrogens with one attached hydrogen (secondary N) is 1. The summed E-state index contributed by atoms with van der Waals surface area (Å²) in [7, 11) is 0. The quantitative estimate of drug-likeness (QED) is 0.541. The zero-order chi connectivity index (χ0) is 19.2. The van der Waals surface area contributed by atoms with Gasteiger partial charge in [-0.25, -0.2) is 4.39 Å². The minimum atomic E-state index is -0.489. The van der Waals surface area contributed by atoms with Crippen LogP contribution in [0.25, 0.3) is 11.4 Å². The number of hydrogen-bond donors (Lipinski definition) is 1. The average Bonchev–Trinajstić information content (AvgIpc) is 3.06. The number of carbonyl (C=O) groups excluding carboxylic acids is 1. The number of amides is 1. The number of carbonyl (C=O) groups is 1. The maximum atomic E-state index is 13.8. The van der Waals surface area contributed by atoms with Gasteiger partial charge in [0.15, 0.2) is 11.0 Å². The highest BCUT2D eigenvalue weighted by molar-refractivity contribution is 9.10. The minimum absolute atomic E-state index is 0.105. The van der Waals surface area contributed by atoms with Crippen LogP contribution in [0.15, 0.2) is 52.4 Å². The SMILES string of the molecule is CCCn1c(SCC(=O)Nc2ccc(Br)cc2F)nnc1-c1ccncc1. The topological polar surface area (TPSA) is 72.7 Å². The molecular weight excluding hydrogens is 433 g/mol. The van der Waals surface area contributed by atoms with Gasteiger partial charge in [0.2, 0.25) is 5.91 Å². The molecule has 0 unspecified atom stereocenters. The molecule has 0 spiro atoms. The van der Waals surface area contributed by atoms with E-state index in [4.69, 9.17) is 0 Å². The Balaban J connectivity index is 1.70. The summed E-state index contributed by atoms with van der Waals surface area (Å²) in [6.07, 6.45) is 4.31. The molecule has 0 saturated heterocycles. The molecule has 2 heterocycles. The molecule has 3 rings (SSSR count). The minimum Gasteiger partial charge on any atom is -0.323 e. The zero-order valence-corrected chi connectivity index (χ0v) is 16.9. The smallest absolute Gasteiger partial charge is 0.234 e. The first-order chi connectivity index (χ1) is 13.1. The molecule has 1 N–H and O–H groups in total. The summed E-state index contributed by atoms with van der Waals surface area (Å²) in [6.45, 7) is 2.80. The fourth-order valence-corrected chi connectivity index (χ4v) is 3.54. The second kappa shape index (κ2) is 9.09. The lowest BCUT2D eigenvalue weighted by molar-refractivity contribution is -0.113. The zero-order valence-electron chi connectivity index (χ0n) is 14.5. The van der Waals surface area contributed by atoms with Crippen LogP contribution in [-0.2, 0) is 11.3 Å². The molecule has 27 heavy (non-hydrogen) atoms. The third-order valence-corrected chi connectivity index (χ3v) is 5.10. The highest BCUT2D eigenvalue weighted by Gasteiger charge is 2.15. The van der Waals surface area contributed by atoms with Gasteiger partial charge in [-0.2, -0.15) is 0 Å². The maximum absolute atomic E-state index is 13.8. The first-order valence-corrected chi connectivity index (χ1v) is 10.1. The van der Waals surface area contributed by atoms with Crippen LogP contribution >= 0.6 is 27.7 Å². The third kappa shape index (κ3) is 4.92. The Morgan fingerprint density at radius 1 is 1.26 bits per heavy atom. The molecule has 6 nitrogen and oxygen atoms in total. The molecule has 0 fully saturated rings. The summed E-state index contributed by atoms with van der Waals surface area (Å²) in [4.78, 5) is 16.2.